The average molecular weight is 603 g/mol. The summed E-state index contributed by atoms with van der Waals surface area (Å²) >= 11 is 0. The van der Waals surface area contributed by atoms with E-state index in [2.05, 4.69) is 105 Å². The third-order valence-electron chi connectivity index (χ3n) is 10.5. The molecule has 6 heteroatoms. The number of carbonyl (C=O) groups is 1. The lowest BCUT2D eigenvalue weighted by Gasteiger charge is -2.41. The van der Waals surface area contributed by atoms with Crippen LogP contribution in [0.3, 0.4) is 0 Å². The number of methoxy groups -OCH3 is 1. The molecule has 234 valence electrons. The minimum Gasteiger partial charge on any atom is -0.469 e. The Morgan fingerprint density at radius 2 is 1.68 bits per heavy atom. The first-order valence-electron chi connectivity index (χ1n) is 16.0. The number of hydrogen-bond donors (Lipinski definition) is 0. The van der Waals surface area contributed by atoms with Crippen molar-refractivity contribution >= 4 is 22.6 Å². The first-order chi connectivity index (χ1) is 18.8. The van der Waals surface area contributed by atoms with Crippen LogP contribution in [0.5, 0.6) is 0 Å². The second-order valence-electron chi connectivity index (χ2n) is 15.7. The first kappa shape index (κ1) is 36.1. The summed E-state index contributed by atoms with van der Waals surface area (Å²) in [6.45, 7) is 27.7. The average Bonchev–Trinajstić information content (AvgIpc) is 3.37. The third-order valence-corrected chi connectivity index (χ3v) is 19.5. The van der Waals surface area contributed by atoms with Crippen molar-refractivity contribution in [1.82, 2.24) is 0 Å². The van der Waals surface area contributed by atoms with Gasteiger partial charge in [-0.1, -0.05) is 72.3 Å². The van der Waals surface area contributed by atoms with Crippen LogP contribution in [-0.2, 0) is 18.4 Å². The second-order valence-corrected chi connectivity index (χ2v) is 25.2. The van der Waals surface area contributed by atoms with E-state index in [1.807, 2.05) is 6.92 Å². The molecule has 1 unspecified atom stereocenters. The molecule has 41 heavy (non-hydrogen) atoms. The Labute approximate surface area is 255 Å². The highest BCUT2D eigenvalue weighted by Gasteiger charge is 2.50. The SMILES string of the molecule is CC#CCC(C)[C@@H](/C=C/[C@@H]1[C@H]2C/C(=C/CCCC(=O)OC)C[C@H]2C[C@H]1O[Si](C)(C)C(C)(C)C)O[Si](C)(C)C(C)(C)C. The van der Waals surface area contributed by atoms with Gasteiger partial charge in [0.15, 0.2) is 16.6 Å². The molecule has 0 radical (unpaired) electrons. The van der Waals surface area contributed by atoms with Crippen molar-refractivity contribution in [2.24, 2.45) is 23.7 Å². The van der Waals surface area contributed by atoms with Crippen molar-refractivity contribution in [2.45, 2.75) is 149 Å². The number of hydrogen-bond acceptors (Lipinski definition) is 4. The zero-order valence-corrected chi connectivity index (χ0v) is 30.8. The Morgan fingerprint density at radius 3 is 2.24 bits per heavy atom. The molecule has 2 aliphatic rings. The number of unbranched alkanes of at least 4 members (excludes halogenated alkanes) is 1. The van der Waals surface area contributed by atoms with E-state index in [0.717, 1.165) is 38.5 Å². The van der Waals surface area contributed by atoms with Crippen molar-refractivity contribution in [3.05, 3.63) is 23.8 Å². The molecule has 4 nitrogen and oxygen atoms in total. The molecule has 6 atom stereocenters. The zero-order chi connectivity index (χ0) is 31.2. The van der Waals surface area contributed by atoms with Crippen molar-refractivity contribution in [3.63, 3.8) is 0 Å². The first-order valence-corrected chi connectivity index (χ1v) is 21.8. The van der Waals surface area contributed by atoms with Gasteiger partial charge in [-0.15, -0.1) is 11.8 Å². The molecule has 2 fully saturated rings. The number of ether oxygens (including phenoxy) is 1. The molecule has 0 heterocycles. The van der Waals surface area contributed by atoms with Gasteiger partial charge in [-0.3, -0.25) is 4.79 Å². The summed E-state index contributed by atoms with van der Waals surface area (Å²) in [6, 6.07) is 0. The molecule has 0 spiro atoms. The highest BCUT2D eigenvalue weighted by Crippen LogP contribution is 2.53. The van der Waals surface area contributed by atoms with Crippen LogP contribution < -0.4 is 0 Å². The number of carbonyl (C=O) groups excluding carboxylic acids is 1. The maximum absolute atomic E-state index is 11.5. The zero-order valence-electron chi connectivity index (χ0n) is 28.8. The summed E-state index contributed by atoms with van der Waals surface area (Å²) in [5, 5.41) is 0.339. The van der Waals surface area contributed by atoms with Crippen LogP contribution in [0.1, 0.15) is 100 Å². The summed E-state index contributed by atoms with van der Waals surface area (Å²) in [6.07, 6.45) is 14.2. The van der Waals surface area contributed by atoms with E-state index in [9.17, 15) is 4.79 Å². The van der Waals surface area contributed by atoms with Crippen molar-refractivity contribution in [3.8, 4) is 11.8 Å². The van der Waals surface area contributed by atoms with E-state index in [0.29, 0.717) is 30.1 Å². The Kier molecular flexibility index (Phi) is 12.8. The maximum atomic E-state index is 11.5. The second kappa shape index (κ2) is 14.6. The standard InChI is InChI=1S/C35H62O4Si2/c1-14-15-18-26(2)31(38-40(10,11)34(3,4)5)22-21-29-30-24-27(19-16-17-20-33(36)37-9)23-28(30)25-32(29)39-41(12,13)35(6,7)8/h19,21-22,26,28-32H,16-18,20,23-25H2,1-13H3/b22-21+,27-19+/t26?,28-,29+,30-,31+,32+/m0/s1. The predicted molar refractivity (Wildman–Crippen MR) is 179 cm³/mol. The molecule has 0 aromatic rings. The van der Waals surface area contributed by atoms with Crippen molar-refractivity contribution in [2.75, 3.05) is 7.11 Å². The normalized spacial score (nSPS) is 26.1. The quantitative estimate of drug-likeness (QED) is 0.0733. The highest BCUT2D eigenvalue weighted by molar-refractivity contribution is 6.74. The number of fused-ring (bicyclic) bond motifs is 1. The van der Waals surface area contributed by atoms with Gasteiger partial charge in [-0.2, -0.15) is 0 Å². The Hall–Kier alpha value is -1.14. The van der Waals surface area contributed by atoms with Crippen molar-refractivity contribution < 1.29 is 18.4 Å². The van der Waals surface area contributed by atoms with Gasteiger partial charge < -0.3 is 13.6 Å². The largest absolute Gasteiger partial charge is 0.469 e. The molecule has 2 aliphatic carbocycles. The Morgan fingerprint density at radius 1 is 1.05 bits per heavy atom. The lowest BCUT2D eigenvalue weighted by Crippen LogP contribution is -2.45. The van der Waals surface area contributed by atoms with Crippen LogP contribution >= 0.6 is 0 Å². The van der Waals surface area contributed by atoms with Gasteiger partial charge in [0.1, 0.15) is 0 Å². The summed E-state index contributed by atoms with van der Waals surface area (Å²) in [4.78, 5) is 11.5. The molecule has 2 saturated carbocycles. The van der Waals surface area contributed by atoms with Crippen LogP contribution in [0.4, 0.5) is 0 Å². The molecule has 0 amide bonds. The minimum absolute atomic E-state index is 0.0547. The van der Waals surface area contributed by atoms with Gasteiger partial charge in [-0.25, -0.2) is 0 Å². The monoisotopic (exact) mass is 602 g/mol. The molecule has 0 aromatic carbocycles. The third kappa shape index (κ3) is 9.95. The molecule has 0 bridgehead atoms. The van der Waals surface area contributed by atoms with E-state index in [4.69, 9.17) is 13.6 Å². The van der Waals surface area contributed by atoms with E-state index >= 15 is 0 Å². The van der Waals surface area contributed by atoms with Crippen molar-refractivity contribution in [1.29, 1.82) is 0 Å². The molecular weight excluding hydrogens is 541 g/mol. The van der Waals surface area contributed by atoms with Gasteiger partial charge in [0, 0.05) is 18.8 Å². The summed E-state index contributed by atoms with van der Waals surface area (Å²) < 4.78 is 19.0. The Balaban J connectivity index is 2.34. The molecule has 0 saturated heterocycles. The molecule has 2 rings (SSSR count). The Bertz CT molecular complexity index is 986. The molecule has 0 N–H and O–H groups in total. The minimum atomic E-state index is -1.96. The molecular formula is C35H62O4Si2. The smallest absolute Gasteiger partial charge is 0.305 e. The fourth-order valence-electron chi connectivity index (χ4n) is 5.73. The van der Waals surface area contributed by atoms with E-state index < -0.39 is 16.6 Å². The van der Waals surface area contributed by atoms with E-state index in [1.165, 1.54) is 7.11 Å². The van der Waals surface area contributed by atoms with Crippen LogP contribution in [0.25, 0.3) is 0 Å². The highest BCUT2D eigenvalue weighted by atomic mass is 28.4. The van der Waals surface area contributed by atoms with Crippen LogP contribution in [0.15, 0.2) is 23.8 Å². The fourth-order valence-corrected chi connectivity index (χ4v) is 8.44. The van der Waals surface area contributed by atoms with Crippen LogP contribution in [0.2, 0.25) is 36.3 Å². The number of allylic oxidation sites excluding steroid dienone is 2. The van der Waals surface area contributed by atoms with Crippen LogP contribution in [0, 0.1) is 35.5 Å². The predicted octanol–water partition coefficient (Wildman–Crippen LogP) is 9.69. The number of rotatable bonds is 12. The summed E-state index contributed by atoms with van der Waals surface area (Å²) in [5.74, 6) is 8.28. The van der Waals surface area contributed by atoms with Gasteiger partial charge in [0.05, 0.1) is 19.3 Å². The summed E-state index contributed by atoms with van der Waals surface area (Å²) in [5.41, 5.74) is 1.56. The van der Waals surface area contributed by atoms with Crippen LogP contribution in [-0.4, -0.2) is 41.9 Å². The topological polar surface area (TPSA) is 44.8 Å². The van der Waals surface area contributed by atoms with Gasteiger partial charge >= 0.3 is 5.97 Å². The van der Waals surface area contributed by atoms with Gasteiger partial charge in [-0.05, 0) is 93.0 Å². The van der Waals surface area contributed by atoms with Gasteiger partial charge in [0.2, 0.25) is 0 Å². The van der Waals surface area contributed by atoms with E-state index in [-0.39, 0.29) is 28.3 Å². The summed E-state index contributed by atoms with van der Waals surface area (Å²) in [7, 11) is -2.40. The number of esters is 1. The lowest BCUT2D eigenvalue weighted by molar-refractivity contribution is -0.140. The van der Waals surface area contributed by atoms with E-state index in [1.54, 1.807) is 5.57 Å². The maximum Gasteiger partial charge on any atom is 0.305 e. The molecule has 0 aliphatic heterocycles. The molecule has 0 aromatic heterocycles. The fraction of sp³-hybridized carbons (Fsp3) is 0.800. The lowest BCUT2D eigenvalue weighted by atomic mass is 9.89. The van der Waals surface area contributed by atoms with Gasteiger partial charge in [0.25, 0.3) is 0 Å².